The Morgan fingerprint density at radius 1 is 1.25 bits per heavy atom. The predicted molar refractivity (Wildman–Crippen MR) is 91.3 cm³/mol. The van der Waals surface area contributed by atoms with E-state index in [2.05, 4.69) is 26.8 Å². The second-order valence-corrected chi connectivity index (χ2v) is 8.85. The van der Waals surface area contributed by atoms with Crippen LogP contribution in [0.2, 0.25) is 0 Å². The molecule has 1 fully saturated rings. The van der Waals surface area contributed by atoms with Crippen LogP contribution in [0.15, 0.2) is 22.8 Å². The highest BCUT2D eigenvalue weighted by Gasteiger charge is 2.68. The summed E-state index contributed by atoms with van der Waals surface area (Å²) < 4.78 is 11.9. The van der Waals surface area contributed by atoms with E-state index in [4.69, 9.17) is 9.47 Å². The lowest BCUT2D eigenvalue weighted by molar-refractivity contribution is -0.175. The second kappa shape index (κ2) is 5.16. The van der Waals surface area contributed by atoms with Gasteiger partial charge in [-0.2, -0.15) is 0 Å². The molecule has 0 aromatic carbocycles. The van der Waals surface area contributed by atoms with E-state index in [1.165, 1.54) is 5.57 Å². The van der Waals surface area contributed by atoms with Crippen molar-refractivity contribution in [2.45, 2.75) is 83.4 Å². The number of rotatable bonds is 0. The molecule has 0 saturated carbocycles. The molecular formula is C20H30O4. The average molecular weight is 334 g/mol. The van der Waals surface area contributed by atoms with Crippen molar-refractivity contribution in [1.82, 2.24) is 0 Å². The molecule has 2 aliphatic heterocycles. The maximum absolute atomic E-state index is 11.3. The molecule has 0 aromatic rings. The van der Waals surface area contributed by atoms with Crippen molar-refractivity contribution in [3.8, 4) is 0 Å². The van der Waals surface area contributed by atoms with Crippen molar-refractivity contribution in [3.05, 3.63) is 22.8 Å². The highest BCUT2D eigenvalue weighted by atomic mass is 16.7. The van der Waals surface area contributed by atoms with E-state index < -0.39 is 11.9 Å². The highest BCUT2D eigenvalue weighted by molar-refractivity contribution is 5.41. The first kappa shape index (κ1) is 16.8. The van der Waals surface area contributed by atoms with Crippen molar-refractivity contribution in [2.24, 2.45) is 11.3 Å². The third-order valence-electron chi connectivity index (χ3n) is 7.25. The fourth-order valence-electron chi connectivity index (χ4n) is 5.17. The molecular weight excluding hydrogens is 304 g/mol. The summed E-state index contributed by atoms with van der Waals surface area (Å²) in [5.74, 6) is -1.09. The predicted octanol–water partition coefficient (Wildman–Crippen LogP) is 3.09. The van der Waals surface area contributed by atoms with Crippen LogP contribution in [-0.2, 0) is 9.47 Å². The molecule has 134 valence electrons. The Kier molecular flexibility index (Phi) is 3.61. The number of hydrogen-bond donors (Lipinski definition) is 2. The Morgan fingerprint density at radius 3 is 2.75 bits per heavy atom. The molecule has 2 N–H and O–H groups in total. The number of hydrogen-bond acceptors (Lipinski definition) is 4. The van der Waals surface area contributed by atoms with E-state index in [-0.39, 0.29) is 17.1 Å². The van der Waals surface area contributed by atoms with E-state index in [9.17, 15) is 10.2 Å². The van der Waals surface area contributed by atoms with Gasteiger partial charge in [0, 0.05) is 5.57 Å². The normalized spacial score (nSPS) is 53.6. The minimum absolute atomic E-state index is 0.0430. The van der Waals surface area contributed by atoms with Gasteiger partial charge in [-0.15, -0.1) is 0 Å². The van der Waals surface area contributed by atoms with Gasteiger partial charge in [-0.25, -0.2) is 0 Å². The van der Waals surface area contributed by atoms with Gasteiger partial charge in [-0.3, -0.25) is 0 Å². The van der Waals surface area contributed by atoms with Crippen molar-refractivity contribution in [1.29, 1.82) is 0 Å². The van der Waals surface area contributed by atoms with Gasteiger partial charge in [0.05, 0.1) is 18.3 Å². The molecule has 0 spiro atoms. The largest absolute Gasteiger partial charge is 0.389 e. The molecule has 0 radical (unpaired) electrons. The summed E-state index contributed by atoms with van der Waals surface area (Å²) in [5.41, 5.74) is 2.83. The monoisotopic (exact) mass is 334 g/mol. The van der Waals surface area contributed by atoms with Crippen LogP contribution in [0.4, 0.5) is 0 Å². The summed E-state index contributed by atoms with van der Waals surface area (Å²) in [4.78, 5) is 0. The molecule has 1 saturated heterocycles. The number of ether oxygens (including phenoxy) is 2. The fourth-order valence-corrected chi connectivity index (χ4v) is 5.17. The van der Waals surface area contributed by atoms with Crippen molar-refractivity contribution < 1.29 is 19.7 Å². The molecule has 24 heavy (non-hydrogen) atoms. The Bertz CT molecular complexity index is 623. The second-order valence-electron chi connectivity index (χ2n) is 8.85. The number of aliphatic hydroxyl groups excluding tert-OH is 1. The van der Waals surface area contributed by atoms with Crippen LogP contribution in [0.25, 0.3) is 0 Å². The van der Waals surface area contributed by atoms with E-state index in [0.29, 0.717) is 24.5 Å². The first-order chi connectivity index (χ1) is 11.2. The molecule has 0 amide bonds. The van der Waals surface area contributed by atoms with Crippen LogP contribution < -0.4 is 0 Å². The first-order valence-corrected chi connectivity index (χ1v) is 9.32. The molecule has 4 nitrogen and oxygen atoms in total. The molecule has 4 rings (SSSR count). The maximum atomic E-state index is 11.3. The molecule has 2 heterocycles. The van der Waals surface area contributed by atoms with Crippen LogP contribution in [-0.4, -0.2) is 40.4 Å². The lowest BCUT2D eigenvalue weighted by Crippen LogP contribution is -2.47. The van der Waals surface area contributed by atoms with Gasteiger partial charge < -0.3 is 19.7 Å². The zero-order valence-corrected chi connectivity index (χ0v) is 15.3. The molecule has 0 aromatic heterocycles. The Morgan fingerprint density at radius 2 is 2.00 bits per heavy atom. The van der Waals surface area contributed by atoms with Crippen LogP contribution in [0.1, 0.15) is 59.8 Å². The topological polar surface area (TPSA) is 62.2 Å². The van der Waals surface area contributed by atoms with Gasteiger partial charge in [0.15, 0.2) is 0 Å². The van der Waals surface area contributed by atoms with Gasteiger partial charge in [0.1, 0.15) is 6.10 Å². The van der Waals surface area contributed by atoms with Gasteiger partial charge in [0.25, 0.3) is 0 Å². The third-order valence-corrected chi connectivity index (χ3v) is 7.25. The van der Waals surface area contributed by atoms with E-state index in [1.807, 2.05) is 6.92 Å². The van der Waals surface area contributed by atoms with E-state index >= 15 is 0 Å². The molecule has 4 aliphatic rings. The minimum atomic E-state index is -1.46. The van der Waals surface area contributed by atoms with E-state index in [1.54, 1.807) is 0 Å². The molecule has 0 unspecified atom stereocenters. The van der Waals surface area contributed by atoms with Crippen LogP contribution in [0, 0.1) is 11.3 Å². The van der Waals surface area contributed by atoms with Gasteiger partial charge >= 0.3 is 0 Å². The lowest BCUT2D eigenvalue weighted by atomic mass is 9.61. The van der Waals surface area contributed by atoms with Crippen molar-refractivity contribution >= 4 is 0 Å². The standard InChI is InChI=1S/C20H30O4/c1-12-6-5-8-19(4)17(24-19)20(22)16-14(11-23-20)18(3,9-7-12)13(2)10-15(16)21/h6,13,15,17,21-22H,5,7-11H2,1-4H3/b12-6-/t13-,15-,17+,18+,19-,20+/m1/s1. The Hall–Kier alpha value is -0.680. The minimum Gasteiger partial charge on any atom is -0.389 e. The molecule has 4 heteroatoms. The summed E-state index contributed by atoms with van der Waals surface area (Å²) in [6.45, 7) is 9.15. The summed E-state index contributed by atoms with van der Waals surface area (Å²) in [6, 6.07) is 0. The molecule has 6 atom stereocenters. The molecule has 4 bridgehead atoms. The van der Waals surface area contributed by atoms with Crippen molar-refractivity contribution in [2.75, 3.05) is 6.61 Å². The Balaban J connectivity index is 1.82. The fraction of sp³-hybridized carbons (Fsp3) is 0.800. The number of allylic oxidation sites excluding steroid dienone is 2. The number of aliphatic hydroxyl groups is 2. The summed E-state index contributed by atoms with van der Waals surface area (Å²) in [7, 11) is 0. The first-order valence-electron chi connectivity index (χ1n) is 9.32. The summed E-state index contributed by atoms with van der Waals surface area (Å²) in [5, 5.41) is 22.1. The average Bonchev–Trinajstić information content (AvgIpc) is 3.05. The lowest BCUT2D eigenvalue weighted by Gasteiger charge is -2.44. The zero-order valence-electron chi connectivity index (χ0n) is 15.3. The number of fused-ring (bicyclic) bond motifs is 2. The van der Waals surface area contributed by atoms with Gasteiger partial charge in [-0.1, -0.05) is 25.5 Å². The highest BCUT2D eigenvalue weighted by Crippen LogP contribution is 2.59. The summed E-state index contributed by atoms with van der Waals surface area (Å²) in [6.07, 6.45) is 5.88. The molecule has 2 aliphatic carbocycles. The SMILES string of the molecule is C/C1=C/CC[C@@]2(C)O[C@@H]2[C@@]2(O)OCC3=C2[C@H](O)C[C@@H](C)[C@]3(C)CC1. The smallest absolute Gasteiger partial charge is 0.221 e. The van der Waals surface area contributed by atoms with Gasteiger partial charge in [0.2, 0.25) is 5.79 Å². The summed E-state index contributed by atoms with van der Waals surface area (Å²) >= 11 is 0. The quantitative estimate of drug-likeness (QED) is 0.528. The van der Waals surface area contributed by atoms with Crippen LogP contribution >= 0.6 is 0 Å². The number of epoxide rings is 1. The van der Waals surface area contributed by atoms with Crippen LogP contribution in [0.3, 0.4) is 0 Å². The van der Waals surface area contributed by atoms with Crippen LogP contribution in [0.5, 0.6) is 0 Å². The van der Waals surface area contributed by atoms with Gasteiger partial charge in [-0.05, 0) is 62.9 Å². The Labute approximate surface area is 144 Å². The third kappa shape index (κ3) is 2.20. The maximum Gasteiger partial charge on any atom is 0.221 e. The van der Waals surface area contributed by atoms with E-state index in [0.717, 1.165) is 31.3 Å². The zero-order chi connectivity index (χ0) is 17.3. The van der Waals surface area contributed by atoms with Crippen molar-refractivity contribution in [3.63, 3.8) is 0 Å².